The molecule has 1 unspecified atom stereocenters. The lowest BCUT2D eigenvalue weighted by Gasteiger charge is -2.20. The van der Waals surface area contributed by atoms with Crippen molar-refractivity contribution in [3.8, 4) is 0 Å². The maximum absolute atomic E-state index is 11.0. The third-order valence-electron chi connectivity index (χ3n) is 1.81. The van der Waals surface area contributed by atoms with Gasteiger partial charge in [-0.3, -0.25) is 9.69 Å². The maximum Gasteiger partial charge on any atom is 0.238 e. The van der Waals surface area contributed by atoms with Gasteiger partial charge in [0, 0.05) is 7.05 Å². The second kappa shape index (κ2) is 2.80. The number of likely N-dealkylation sites (N-methyl/N-ethyl adjacent to an activating group) is 2. The van der Waals surface area contributed by atoms with Crippen LogP contribution in [0.5, 0.6) is 0 Å². The highest BCUT2D eigenvalue weighted by Crippen LogP contribution is 2.15. The Balaban J connectivity index is 2.61. The van der Waals surface area contributed by atoms with Gasteiger partial charge in [0.2, 0.25) is 5.91 Å². The molecule has 1 aliphatic rings. The van der Waals surface area contributed by atoms with Crippen LogP contribution in [0, 0.1) is 0 Å². The number of thiol groups is 1. The minimum absolute atomic E-state index is 0.0162. The molecule has 1 saturated heterocycles. The van der Waals surface area contributed by atoms with Crippen molar-refractivity contribution < 1.29 is 4.79 Å². The fraction of sp³-hybridized carbons (Fsp3) is 0.833. The van der Waals surface area contributed by atoms with Crippen LogP contribution in [0.4, 0.5) is 0 Å². The van der Waals surface area contributed by atoms with Crippen molar-refractivity contribution in [2.24, 2.45) is 0 Å². The first-order valence-corrected chi connectivity index (χ1v) is 3.86. The van der Waals surface area contributed by atoms with Crippen molar-refractivity contribution in [1.29, 1.82) is 0 Å². The van der Waals surface area contributed by atoms with Crippen LogP contribution < -0.4 is 0 Å². The minimum Gasteiger partial charge on any atom is -0.320 e. The monoisotopic (exact) mass is 160 g/mol. The lowest BCUT2D eigenvalue weighted by atomic mass is 10.5. The zero-order chi connectivity index (χ0) is 7.72. The summed E-state index contributed by atoms with van der Waals surface area (Å²) in [5.74, 6) is 0.154. The molecule has 0 aromatic carbocycles. The molecule has 0 saturated carbocycles. The van der Waals surface area contributed by atoms with E-state index >= 15 is 0 Å². The highest BCUT2D eigenvalue weighted by Gasteiger charge is 2.30. The molecule has 0 N–H and O–H groups in total. The maximum atomic E-state index is 11.0. The van der Waals surface area contributed by atoms with Gasteiger partial charge in [0.25, 0.3) is 0 Å². The molecular weight excluding hydrogens is 148 g/mol. The van der Waals surface area contributed by atoms with E-state index in [-0.39, 0.29) is 11.4 Å². The first kappa shape index (κ1) is 7.88. The van der Waals surface area contributed by atoms with Crippen LogP contribution in [0.2, 0.25) is 0 Å². The first-order valence-electron chi connectivity index (χ1n) is 3.34. The van der Waals surface area contributed by atoms with E-state index in [9.17, 15) is 4.79 Å². The van der Waals surface area contributed by atoms with Crippen LogP contribution in [-0.2, 0) is 4.79 Å². The van der Waals surface area contributed by atoms with E-state index in [0.717, 1.165) is 6.54 Å². The van der Waals surface area contributed by atoms with Crippen molar-refractivity contribution in [2.75, 3.05) is 20.1 Å². The average Bonchev–Trinajstić information content (AvgIpc) is 2.17. The summed E-state index contributed by atoms with van der Waals surface area (Å²) in [6.45, 7) is 3.42. The molecule has 1 heterocycles. The van der Waals surface area contributed by atoms with Gasteiger partial charge in [-0.15, -0.1) is 12.6 Å². The van der Waals surface area contributed by atoms with E-state index in [4.69, 9.17) is 0 Å². The summed E-state index contributed by atoms with van der Waals surface area (Å²) in [6, 6.07) is 0. The number of nitrogens with zero attached hydrogens (tertiary/aromatic N) is 2. The van der Waals surface area contributed by atoms with Crippen molar-refractivity contribution in [3.05, 3.63) is 0 Å². The van der Waals surface area contributed by atoms with Crippen LogP contribution in [0.25, 0.3) is 0 Å². The lowest BCUT2D eigenvalue weighted by Crippen LogP contribution is -2.32. The molecule has 0 radical (unpaired) electrons. The quantitative estimate of drug-likeness (QED) is 0.546. The summed E-state index contributed by atoms with van der Waals surface area (Å²) in [4.78, 5) is 14.6. The topological polar surface area (TPSA) is 23.6 Å². The first-order chi connectivity index (χ1) is 4.66. The summed E-state index contributed by atoms with van der Waals surface area (Å²) in [5.41, 5.74) is -0.0162. The molecule has 3 nitrogen and oxygen atoms in total. The van der Waals surface area contributed by atoms with E-state index in [1.54, 1.807) is 11.9 Å². The lowest BCUT2D eigenvalue weighted by molar-refractivity contribution is -0.125. The highest BCUT2D eigenvalue weighted by atomic mass is 32.1. The molecule has 1 aliphatic heterocycles. The van der Waals surface area contributed by atoms with Gasteiger partial charge < -0.3 is 4.90 Å². The van der Waals surface area contributed by atoms with E-state index in [2.05, 4.69) is 12.6 Å². The minimum atomic E-state index is -0.0162. The van der Waals surface area contributed by atoms with Gasteiger partial charge in [0.15, 0.2) is 0 Å². The average molecular weight is 160 g/mol. The smallest absolute Gasteiger partial charge is 0.238 e. The third-order valence-corrected chi connectivity index (χ3v) is 2.48. The largest absolute Gasteiger partial charge is 0.320 e. The molecule has 0 spiro atoms. The Hall–Kier alpha value is -0.220. The summed E-state index contributed by atoms with van der Waals surface area (Å²) in [5, 5.41) is 0. The Kier molecular flexibility index (Phi) is 2.21. The molecule has 0 aliphatic carbocycles. The number of hydrogen-bond acceptors (Lipinski definition) is 3. The molecule has 58 valence electrons. The van der Waals surface area contributed by atoms with Crippen molar-refractivity contribution >= 4 is 18.5 Å². The zero-order valence-corrected chi connectivity index (χ0v) is 7.14. The SMILES string of the molecule is CCN1CC(=O)N(C)C1S. The summed E-state index contributed by atoms with van der Waals surface area (Å²) in [7, 11) is 1.77. The number of rotatable bonds is 1. The van der Waals surface area contributed by atoms with Gasteiger partial charge >= 0.3 is 0 Å². The Labute approximate surface area is 66.4 Å². The van der Waals surface area contributed by atoms with Crippen molar-refractivity contribution in [1.82, 2.24) is 9.80 Å². The normalized spacial score (nSPS) is 28.1. The van der Waals surface area contributed by atoms with E-state index in [1.165, 1.54) is 0 Å². The Morgan fingerprint density at radius 3 is 2.60 bits per heavy atom. The van der Waals surface area contributed by atoms with Gasteiger partial charge in [-0.1, -0.05) is 6.92 Å². The van der Waals surface area contributed by atoms with Gasteiger partial charge in [-0.05, 0) is 6.54 Å². The molecule has 4 heteroatoms. The van der Waals surface area contributed by atoms with Crippen LogP contribution >= 0.6 is 12.6 Å². The van der Waals surface area contributed by atoms with Crippen LogP contribution in [0.3, 0.4) is 0 Å². The number of hydrogen-bond donors (Lipinski definition) is 1. The summed E-state index contributed by atoms with van der Waals surface area (Å²) >= 11 is 4.25. The summed E-state index contributed by atoms with van der Waals surface area (Å²) in [6.07, 6.45) is 0. The highest BCUT2D eigenvalue weighted by molar-refractivity contribution is 7.80. The van der Waals surface area contributed by atoms with Crippen molar-refractivity contribution in [3.63, 3.8) is 0 Å². The van der Waals surface area contributed by atoms with E-state index in [1.807, 2.05) is 11.8 Å². The van der Waals surface area contributed by atoms with Gasteiger partial charge in [-0.2, -0.15) is 0 Å². The molecule has 0 aromatic rings. The van der Waals surface area contributed by atoms with E-state index in [0.29, 0.717) is 6.54 Å². The number of amides is 1. The Morgan fingerprint density at radius 2 is 2.40 bits per heavy atom. The van der Waals surface area contributed by atoms with Gasteiger partial charge in [0.05, 0.1) is 6.54 Å². The fourth-order valence-electron chi connectivity index (χ4n) is 1.02. The van der Waals surface area contributed by atoms with Crippen LogP contribution in [-0.4, -0.2) is 41.3 Å². The second-order valence-electron chi connectivity index (χ2n) is 2.41. The Morgan fingerprint density at radius 1 is 1.80 bits per heavy atom. The Bertz CT molecular complexity index is 151. The molecule has 1 fully saturated rings. The second-order valence-corrected chi connectivity index (χ2v) is 2.88. The molecule has 0 bridgehead atoms. The number of carbonyl (C=O) groups excluding carboxylic acids is 1. The van der Waals surface area contributed by atoms with Crippen molar-refractivity contribution in [2.45, 2.75) is 12.4 Å². The molecule has 1 amide bonds. The van der Waals surface area contributed by atoms with Gasteiger partial charge in [0.1, 0.15) is 5.50 Å². The van der Waals surface area contributed by atoms with Crippen LogP contribution in [0.1, 0.15) is 6.92 Å². The summed E-state index contributed by atoms with van der Waals surface area (Å²) < 4.78 is 0. The zero-order valence-electron chi connectivity index (χ0n) is 6.24. The molecule has 0 aromatic heterocycles. The predicted octanol–water partition coefficient (Wildman–Crippen LogP) is -0.00630. The fourth-order valence-corrected chi connectivity index (χ4v) is 1.39. The standard InChI is InChI=1S/C6H12N2OS/c1-3-8-4-5(9)7(2)6(8)10/h6,10H,3-4H2,1-2H3. The molecule has 1 rings (SSSR count). The van der Waals surface area contributed by atoms with E-state index < -0.39 is 0 Å². The molecular formula is C6H12N2OS. The van der Waals surface area contributed by atoms with Crippen LogP contribution in [0.15, 0.2) is 0 Å². The molecule has 1 atom stereocenters. The predicted molar refractivity (Wildman–Crippen MR) is 42.8 cm³/mol. The van der Waals surface area contributed by atoms with Gasteiger partial charge in [-0.25, -0.2) is 0 Å². The molecule has 10 heavy (non-hydrogen) atoms. The number of carbonyl (C=O) groups is 1. The third kappa shape index (κ3) is 1.13.